The molecule has 0 unspecified atom stereocenters. The van der Waals surface area contributed by atoms with Gasteiger partial charge in [-0.25, -0.2) is 5.01 Å². The Hall–Kier alpha value is -4.44. The van der Waals surface area contributed by atoms with Crippen LogP contribution in [-0.4, -0.2) is 43.0 Å². The highest BCUT2D eigenvalue weighted by Gasteiger charge is 2.34. The van der Waals surface area contributed by atoms with E-state index in [1.807, 2.05) is 11.0 Å². The topological polar surface area (TPSA) is 118 Å². The third-order valence-corrected chi connectivity index (χ3v) is 5.63. The number of nitro benzene ring substituents is 1. The lowest BCUT2D eigenvalue weighted by atomic mass is 10.1. The quantitative estimate of drug-likeness (QED) is 0.269. The second kappa shape index (κ2) is 8.83. The van der Waals surface area contributed by atoms with Gasteiger partial charge < -0.3 is 14.1 Å². The first-order valence-electron chi connectivity index (χ1n) is 10.6. The van der Waals surface area contributed by atoms with Crippen LogP contribution in [0.1, 0.15) is 5.76 Å². The van der Waals surface area contributed by atoms with Crippen molar-refractivity contribution >= 4 is 35.0 Å². The molecule has 2 aliphatic rings. The molecule has 0 bridgehead atoms. The predicted octanol–water partition coefficient (Wildman–Crippen LogP) is 3.15. The molecule has 3 heterocycles. The van der Waals surface area contributed by atoms with E-state index in [-0.39, 0.29) is 17.0 Å². The van der Waals surface area contributed by atoms with Gasteiger partial charge in [0.25, 0.3) is 17.5 Å². The maximum absolute atomic E-state index is 12.7. The second-order valence-electron chi connectivity index (χ2n) is 7.74. The van der Waals surface area contributed by atoms with Crippen molar-refractivity contribution in [2.75, 3.05) is 36.2 Å². The molecule has 1 N–H and O–H groups in total. The smallest absolute Gasteiger partial charge is 0.293 e. The molecule has 0 radical (unpaired) electrons. The minimum absolute atomic E-state index is 0.0282. The van der Waals surface area contributed by atoms with Gasteiger partial charge in [0, 0.05) is 24.7 Å². The molecule has 0 saturated carbocycles. The van der Waals surface area contributed by atoms with Gasteiger partial charge >= 0.3 is 0 Å². The van der Waals surface area contributed by atoms with E-state index in [2.05, 4.69) is 5.43 Å². The van der Waals surface area contributed by atoms with Crippen LogP contribution in [0.15, 0.2) is 70.7 Å². The molecule has 1 aromatic heterocycles. The van der Waals surface area contributed by atoms with E-state index in [0.29, 0.717) is 49.0 Å². The summed E-state index contributed by atoms with van der Waals surface area (Å²) in [7, 11) is 0. The van der Waals surface area contributed by atoms with Crippen LogP contribution >= 0.6 is 0 Å². The highest BCUT2D eigenvalue weighted by Crippen LogP contribution is 2.34. The molecule has 2 saturated heterocycles. The molecule has 2 aromatic carbocycles. The monoisotopic (exact) mass is 460 g/mol. The van der Waals surface area contributed by atoms with E-state index >= 15 is 0 Å². The standard InChI is InChI=1S/C24H20N4O6/c29-23-19(24(30)27(25-23)17-4-2-1-3-5-17)15-18-7-9-22(34-18)16-6-8-20(21(14-16)28(31)32)26-10-12-33-13-11-26/h1-9,14-15H,10-13H2,(H,25,29)/b19-15-. The van der Waals surface area contributed by atoms with Crippen LogP contribution in [0.2, 0.25) is 0 Å². The number of anilines is 2. The molecule has 2 aliphatic heterocycles. The number of rotatable bonds is 5. The fourth-order valence-corrected chi connectivity index (χ4v) is 3.94. The van der Waals surface area contributed by atoms with Crippen LogP contribution in [-0.2, 0) is 14.3 Å². The van der Waals surface area contributed by atoms with Crippen molar-refractivity contribution in [1.29, 1.82) is 0 Å². The average Bonchev–Trinajstić information content (AvgIpc) is 3.45. The molecule has 0 atom stereocenters. The van der Waals surface area contributed by atoms with E-state index in [1.54, 1.807) is 48.5 Å². The molecule has 34 heavy (non-hydrogen) atoms. The highest BCUT2D eigenvalue weighted by atomic mass is 16.6. The SMILES string of the molecule is O=C1NN(c2ccccc2)C(=O)/C1=C\c1ccc(-c2ccc(N3CCOCC3)c([N+](=O)[O-])c2)o1. The van der Waals surface area contributed by atoms with Crippen LogP contribution in [0, 0.1) is 10.1 Å². The first kappa shape index (κ1) is 21.4. The Balaban J connectivity index is 1.41. The number of para-hydroxylation sites is 1. The van der Waals surface area contributed by atoms with Gasteiger partial charge in [0.2, 0.25) is 0 Å². The van der Waals surface area contributed by atoms with Gasteiger partial charge in [-0.1, -0.05) is 18.2 Å². The van der Waals surface area contributed by atoms with Gasteiger partial charge in [-0.2, -0.15) is 0 Å². The Morgan fingerprint density at radius 3 is 2.50 bits per heavy atom. The lowest BCUT2D eigenvalue weighted by molar-refractivity contribution is -0.384. The molecular weight excluding hydrogens is 440 g/mol. The summed E-state index contributed by atoms with van der Waals surface area (Å²) in [6, 6.07) is 16.9. The van der Waals surface area contributed by atoms with Crippen molar-refractivity contribution in [3.8, 4) is 11.3 Å². The minimum atomic E-state index is -0.544. The van der Waals surface area contributed by atoms with Crippen LogP contribution in [0.5, 0.6) is 0 Å². The van der Waals surface area contributed by atoms with Gasteiger partial charge in [-0.05, 0) is 42.5 Å². The Morgan fingerprint density at radius 2 is 1.76 bits per heavy atom. The maximum atomic E-state index is 12.7. The highest BCUT2D eigenvalue weighted by molar-refractivity contribution is 6.31. The molecular formula is C24H20N4O6. The van der Waals surface area contributed by atoms with Gasteiger partial charge in [-0.15, -0.1) is 0 Å². The molecule has 172 valence electrons. The number of hydrogen-bond acceptors (Lipinski definition) is 7. The first-order chi connectivity index (χ1) is 16.5. The number of nitrogens with one attached hydrogen (secondary N) is 1. The molecule has 10 heteroatoms. The Kier molecular flexibility index (Phi) is 5.56. The third-order valence-electron chi connectivity index (χ3n) is 5.63. The van der Waals surface area contributed by atoms with Crippen molar-refractivity contribution in [1.82, 2.24) is 5.43 Å². The molecule has 0 spiro atoms. The second-order valence-corrected chi connectivity index (χ2v) is 7.74. The number of benzene rings is 2. The van der Waals surface area contributed by atoms with E-state index in [9.17, 15) is 19.7 Å². The number of nitrogens with zero attached hydrogens (tertiary/aromatic N) is 3. The van der Waals surface area contributed by atoms with Crippen LogP contribution in [0.3, 0.4) is 0 Å². The van der Waals surface area contributed by atoms with E-state index in [4.69, 9.17) is 9.15 Å². The number of nitro groups is 1. The van der Waals surface area contributed by atoms with Gasteiger partial charge in [-0.3, -0.25) is 25.1 Å². The number of morpholine rings is 1. The zero-order valence-electron chi connectivity index (χ0n) is 18.0. The molecule has 2 amide bonds. The van der Waals surface area contributed by atoms with Crippen molar-refractivity contribution < 1.29 is 23.7 Å². The van der Waals surface area contributed by atoms with Gasteiger partial charge in [0.15, 0.2) is 0 Å². The van der Waals surface area contributed by atoms with Crippen molar-refractivity contribution in [3.63, 3.8) is 0 Å². The average molecular weight is 460 g/mol. The predicted molar refractivity (Wildman–Crippen MR) is 124 cm³/mol. The summed E-state index contributed by atoms with van der Waals surface area (Å²) in [4.78, 5) is 38.4. The van der Waals surface area contributed by atoms with E-state index in [1.165, 1.54) is 17.2 Å². The number of hydrazine groups is 1. The summed E-state index contributed by atoms with van der Waals surface area (Å²) in [6.07, 6.45) is 1.36. The van der Waals surface area contributed by atoms with Crippen molar-refractivity contribution in [2.45, 2.75) is 0 Å². The summed E-state index contributed by atoms with van der Waals surface area (Å²) < 4.78 is 11.1. The zero-order chi connectivity index (χ0) is 23.7. The summed E-state index contributed by atoms with van der Waals surface area (Å²) in [5, 5.41) is 12.9. The summed E-state index contributed by atoms with van der Waals surface area (Å²) in [5.74, 6) is -0.380. The number of furan rings is 1. The molecule has 2 fully saturated rings. The number of ether oxygens (including phenoxy) is 1. The lowest BCUT2D eigenvalue weighted by Gasteiger charge is -2.28. The number of hydrogen-bond donors (Lipinski definition) is 1. The summed E-state index contributed by atoms with van der Waals surface area (Å²) in [6.45, 7) is 2.19. The molecule has 3 aromatic rings. The number of carbonyl (C=O) groups is 2. The first-order valence-corrected chi connectivity index (χ1v) is 10.6. The Morgan fingerprint density at radius 1 is 1.00 bits per heavy atom. The van der Waals surface area contributed by atoms with Crippen LogP contribution in [0.25, 0.3) is 17.4 Å². The van der Waals surface area contributed by atoms with Crippen LogP contribution < -0.4 is 15.3 Å². The lowest BCUT2D eigenvalue weighted by Crippen LogP contribution is -2.36. The number of amides is 2. The Bertz CT molecular complexity index is 1290. The van der Waals surface area contributed by atoms with Crippen molar-refractivity contribution in [3.05, 3.63) is 82.1 Å². The third kappa shape index (κ3) is 4.02. The molecule has 0 aliphatic carbocycles. The van der Waals surface area contributed by atoms with Crippen LogP contribution in [0.4, 0.5) is 17.1 Å². The van der Waals surface area contributed by atoms with E-state index < -0.39 is 16.7 Å². The maximum Gasteiger partial charge on any atom is 0.293 e. The minimum Gasteiger partial charge on any atom is -0.457 e. The normalized spacial score (nSPS) is 17.4. The largest absolute Gasteiger partial charge is 0.457 e. The molecule has 10 nitrogen and oxygen atoms in total. The van der Waals surface area contributed by atoms with E-state index in [0.717, 1.165) is 0 Å². The fourth-order valence-electron chi connectivity index (χ4n) is 3.94. The Labute approximate surface area is 194 Å². The van der Waals surface area contributed by atoms with Gasteiger partial charge in [0.05, 0.1) is 23.8 Å². The fraction of sp³-hybridized carbons (Fsp3) is 0.167. The van der Waals surface area contributed by atoms with Crippen molar-refractivity contribution in [2.24, 2.45) is 0 Å². The molecule has 5 rings (SSSR count). The zero-order valence-corrected chi connectivity index (χ0v) is 18.0. The summed E-state index contributed by atoms with van der Waals surface area (Å²) in [5.41, 5.74) is 4.02. The van der Waals surface area contributed by atoms with Gasteiger partial charge in [0.1, 0.15) is 22.8 Å². The number of carbonyl (C=O) groups excluding carboxylic acids is 2. The summed E-state index contributed by atoms with van der Waals surface area (Å²) >= 11 is 0.